The molecule has 0 fully saturated rings. The summed E-state index contributed by atoms with van der Waals surface area (Å²) in [6, 6.07) is 3.34. The number of rotatable bonds is 1. The van der Waals surface area contributed by atoms with Crippen molar-refractivity contribution >= 4 is 17.8 Å². The lowest BCUT2D eigenvalue weighted by Gasteiger charge is -1.94. The summed E-state index contributed by atoms with van der Waals surface area (Å²) < 4.78 is 1.41. The third-order valence-corrected chi connectivity index (χ3v) is 1.53. The van der Waals surface area contributed by atoms with E-state index in [1.54, 1.807) is 12.1 Å². The zero-order valence-electron chi connectivity index (χ0n) is 6.14. The highest BCUT2D eigenvalue weighted by atomic mass is 16.1. The topological polar surface area (TPSA) is 73.3 Å². The van der Waals surface area contributed by atoms with Gasteiger partial charge in [-0.25, -0.2) is 9.50 Å². The van der Waals surface area contributed by atoms with E-state index in [0.717, 1.165) is 0 Å². The largest absolute Gasteiger partial charge is 0.382 e. The zero-order chi connectivity index (χ0) is 8.55. The van der Waals surface area contributed by atoms with E-state index >= 15 is 0 Å². The lowest BCUT2D eigenvalue weighted by Crippen LogP contribution is -1.99. The highest BCUT2D eigenvalue weighted by molar-refractivity contribution is 5.73. The number of aldehydes is 1. The van der Waals surface area contributed by atoms with Gasteiger partial charge in [0.25, 0.3) is 0 Å². The number of imidazole rings is 1. The third-order valence-electron chi connectivity index (χ3n) is 1.53. The Morgan fingerprint density at radius 2 is 2.33 bits per heavy atom. The second-order valence-corrected chi connectivity index (χ2v) is 2.33. The van der Waals surface area contributed by atoms with Gasteiger partial charge in [-0.05, 0) is 12.1 Å². The van der Waals surface area contributed by atoms with Gasteiger partial charge in [-0.1, -0.05) is 0 Å². The average Bonchev–Trinajstić information content (AvgIpc) is 2.46. The summed E-state index contributed by atoms with van der Waals surface area (Å²) in [5, 5.41) is 3.91. The molecule has 0 unspecified atom stereocenters. The molecular formula is C7H6N4O. The number of carbonyl (C=O) groups excluding carboxylic acids is 1. The number of anilines is 1. The van der Waals surface area contributed by atoms with Crippen molar-refractivity contribution < 1.29 is 4.79 Å². The van der Waals surface area contributed by atoms with Gasteiger partial charge in [0.1, 0.15) is 11.5 Å². The normalized spacial score (nSPS) is 10.3. The second-order valence-electron chi connectivity index (χ2n) is 2.33. The van der Waals surface area contributed by atoms with Gasteiger partial charge in [0.15, 0.2) is 11.9 Å². The molecule has 0 saturated heterocycles. The molecule has 5 nitrogen and oxygen atoms in total. The Bertz CT molecular complexity index is 434. The van der Waals surface area contributed by atoms with Gasteiger partial charge in [-0.3, -0.25) is 4.79 Å². The summed E-state index contributed by atoms with van der Waals surface area (Å²) in [7, 11) is 0. The van der Waals surface area contributed by atoms with Crippen LogP contribution in [0.5, 0.6) is 0 Å². The summed E-state index contributed by atoms with van der Waals surface area (Å²) in [4.78, 5) is 14.4. The number of nitrogens with zero attached hydrogens (tertiary/aromatic N) is 3. The molecule has 0 aromatic carbocycles. The lowest BCUT2D eigenvalue weighted by molar-refractivity contribution is 0.111. The van der Waals surface area contributed by atoms with E-state index < -0.39 is 0 Å². The molecule has 0 amide bonds. The molecule has 0 bridgehead atoms. The molecule has 2 aromatic heterocycles. The minimum Gasteiger partial charge on any atom is -0.382 e. The molecule has 0 saturated carbocycles. The fraction of sp³-hybridized carbons (Fsp3) is 0. The Morgan fingerprint density at radius 1 is 1.50 bits per heavy atom. The first-order valence-electron chi connectivity index (χ1n) is 3.37. The molecule has 0 aliphatic rings. The van der Waals surface area contributed by atoms with E-state index in [-0.39, 0.29) is 0 Å². The molecule has 5 heteroatoms. The summed E-state index contributed by atoms with van der Waals surface area (Å²) in [5.41, 5.74) is 6.45. The molecule has 0 radical (unpaired) electrons. The van der Waals surface area contributed by atoms with Crippen LogP contribution < -0.4 is 5.73 Å². The van der Waals surface area contributed by atoms with Crippen molar-refractivity contribution in [2.75, 3.05) is 5.73 Å². The van der Waals surface area contributed by atoms with E-state index in [1.807, 2.05) is 0 Å². The van der Waals surface area contributed by atoms with Crippen LogP contribution in [0.2, 0.25) is 0 Å². The van der Waals surface area contributed by atoms with E-state index in [9.17, 15) is 4.79 Å². The lowest BCUT2D eigenvalue weighted by atomic mass is 10.5. The molecule has 2 aromatic rings. The summed E-state index contributed by atoms with van der Waals surface area (Å²) in [5.74, 6) is 0.364. The maximum atomic E-state index is 10.5. The second kappa shape index (κ2) is 2.30. The monoisotopic (exact) mass is 162 g/mol. The molecule has 0 aliphatic carbocycles. The van der Waals surface area contributed by atoms with Gasteiger partial charge in [-0.15, -0.1) is 5.10 Å². The Labute approximate surface area is 67.8 Å². The summed E-state index contributed by atoms with van der Waals surface area (Å²) in [6.07, 6.45) is 2.14. The zero-order valence-corrected chi connectivity index (χ0v) is 6.14. The van der Waals surface area contributed by atoms with Crippen LogP contribution in [0, 0.1) is 0 Å². The predicted octanol–water partition coefficient (Wildman–Crippen LogP) is 0.124. The van der Waals surface area contributed by atoms with E-state index in [2.05, 4.69) is 10.1 Å². The minimum atomic E-state index is 0.364. The SMILES string of the molecule is Nc1ccc2ncc(C=O)n2n1. The van der Waals surface area contributed by atoms with Gasteiger partial charge < -0.3 is 5.73 Å². The first-order chi connectivity index (χ1) is 5.81. The number of hydrogen-bond acceptors (Lipinski definition) is 4. The fourth-order valence-corrected chi connectivity index (χ4v) is 0.986. The van der Waals surface area contributed by atoms with Crippen LogP contribution in [-0.4, -0.2) is 20.9 Å². The number of carbonyl (C=O) groups is 1. The van der Waals surface area contributed by atoms with Gasteiger partial charge in [0, 0.05) is 0 Å². The number of hydrogen-bond donors (Lipinski definition) is 1. The van der Waals surface area contributed by atoms with Crippen LogP contribution in [-0.2, 0) is 0 Å². The molecule has 0 spiro atoms. The molecule has 12 heavy (non-hydrogen) atoms. The Kier molecular flexibility index (Phi) is 1.30. The Balaban J connectivity index is 2.83. The summed E-state index contributed by atoms with van der Waals surface area (Å²) in [6.45, 7) is 0. The van der Waals surface area contributed by atoms with Crippen molar-refractivity contribution in [1.29, 1.82) is 0 Å². The van der Waals surface area contributed by atoms with Crippen molar-refractivity contribution in [2.24, 2.45) is 0 Å². The van der Waals surface area contributed by atoms with Crippen LogP contribution in [0.25, 0.3) is 5.65 Å². The van der Waals surface area contributed by atoms with E-state index in [4.69, 9.17) is 5.73 Å². The van der Waals surface area contributed by atoms with Crippen molar-refractivity contribution in [3.8, 4) is 0 Å². The minimum absolute atomic E-state index is 0.364. The first-order valence-corrected chi connectivity index (χ1v) is 3.37. The van der Waals surface area contributed by atoms with Crippen LogP contribution in [0.3, 0.4) is 0 Å². The summed E-state index contributed by atoms with van der Waals surface area (Å²) >= 11 is 0. The van der Waals surface area contributed by atoms with Crippen molar-refractivity contribution in [3.63, 3.8) is 0 Å². The van der Waals surface area contributed by atoms with Crippen molar-refractivity contribution in [1.82, 2.24) is 14.6 Å². The van der Waals surface area contributed by atoms with Crippen LogP contribution >= 0.6 is 0 Å². The van der Waals surface area contributed by atoms with Gasteiger partial charge in [0.05, 0.1) is 6.20 Å². The number of fused-ring (bicyclic) bond motifs is 1. The van der Waals surface area contributed by atoms with Crippen LogP contribution in [0.15, 0.2) is 18.3 Å². The fourth-order valence-electron chi connectivity index (χ4n) is 0.986. The molecule has 60 valence electrons. The van der Waals surface area contributed by atoms with Gasteiger partial charge in [0.2, 0.25) is 0 Å². The highest BCUT2D eigenvalue weighted by Crippen LogP contribution is 2.04. The molecular weight excluding hydrogens is 156 g/mol. The van der Waals surface area contributed by atoms with Crippen molar-refractivity contribution in [2.45, 2.75) is 0 Å². The molecule has 2 heterocycles. The predicted molar refractivity (Wildman–Crippen MR) is 42.8 cm³/mol. The number of aromatic nitrogens is 3. The molecule has 0 atom stereocenters. The smallest absolute Gasteiger partial charge is 0.170 e. The molecule has 0 aliphatic heterocycles. The van der Waals surface area contributed by atoms with Crippen molar-refractivity contribution in [3.05, 3.63) is 24.0 Å². The standard InChI is InChI=1S/C7H6N4O/c8-6-1-2-7-9-3-5(4-12)11(7)10-6/h1-4H,(H2,8,10). The highest BCUT2D eigenvalue weighted by Gasteiger charge is 2.01. The van der Waals surface area contributed by atoms with Crippen LogP contribution in [0.1, 0.15) is 10.5 Å². The van der Waals surface area contributed by atoms with Crippen LogP contribution in [0.4, 0.5) is 5.82 Å². The molecule has 2 N–H and O–H groups in total. The van der Waals surface area contributed by atoms with E-state index in [1.165, 1.54) is 10.7 Å². The quantitative estimate of drug-likeness (QED) is 0.604. The maximum Gasteiger partial charge on any atom is 0.170 e. The third kappa shape index (κ3) is 0.833. The van der Waals surface area contributed by atoms with E-state index in [0.29, 0.717) is 23.4 Å². The number of nitrogens with two attached hydrogens (primary N) is 1. The number of nitrogen functional groups attached to an aromatic ring is 1. The Morgan fingerprint density at radius 3 is 3.08 bits per heavy atom. The maximum absolute atomic E-state index is 10.5. The van der Waals surface area contributed by atoms with Gasteiger partial charge in [-0.2, -0.15) is 0 Å². The first kappa shape index (κ1) is 6.78. The average molecular weight is 162 g/mol. The Hall–Kier alpha value is -1.91. The molecule has 2 rings (SSSR count). The van der Waals surface area contributed by atoms with Gasteiger partial charge >= 0.3 is 0 Å².